The standard InChI is InChI=1S/C14H16N2O/c1-10-5-3-7-13(11(10)2)16-14(17)9-12-6-4-8-15-12/h3-8,15H,9H2,1-2H3,(H,16,17). The molecule has 0 radical (unpaired) electrons. The van der Waals surface area contributed by atoms with Gasteiger partial charge in [-0.05, 0) is 43.2 Å². The maximum Gasteiger partial charge on any atom is 0.230 e. The second-order valence-corrected chi connectivity index (χ2v) is 4.17. The normalized spacial score (nSPS) is 10.2. The van der Waals surface area contributed by atoms with Gasteiger partial charge in [0.25, 0.3) is 0 Å². The minimum absolute atomic E-state index is 0.00106. The molecule has 0 spiro atoms. The highest BCUT2D eigenvalue weighted by molar-refractivity contribution is 5.92. The average Bonchev–Trinajstić information content (AvgIpc) is 2.77. The molecule has 0 saturated carbocycles. The summed E-state index contributed by atoms with van der Waals surface area (Å²) in [6.07, 6.45) is 2.20. The number of carbonyl (C=O) groups excluding carboxylic acids is 1. The fraction of sp³-hybridized carbons (Fsp3) is 0.214. The Morgan fingerprint density at radius 2 is 2.06 bits per heavy atom. The Hall–Kier alpha value is -2.03. The van der Waals surface area contributed by atoms with Crippen molar-refractivity contribution in [3.8, 4) is 0 Å². The number of hydrogen-bond acceptors (Lipinski definition) is 1. The van der Waals surface area contributed by atoms with Gasteiger partial charge in [-0.1, -0.05) is 12.1 Å². The van der Waals surface area contributed by atoms with E-state index in [9.17, 15) is 4.79 Å². The predicted octanol–water partition coefficient (Wildman–Crippen LogP) is 2.81. The van der Waals surface area contributed by atoms with Gasteiger partial charge in [-0.2, -0.15) is 0 Å². The van der Waals surface area contributed by atoms with Crippen LogP contribution < -0.4 is 5.32 Å². The molecule has 2 rings (SSSR count). The Balaban J connectivity index is 2.06. The number of hydrogen-bond donors (Lipinski definition) is 2. The van der Waals surface area contributed by atoms with Gasteiger partial charge in [-0.25, -0.2) is 0 Å². The highest BCUT2D eigenvalue weighted by Gasteiger charge is 2.07. The lowest BCUT2D eigenvalue weighted by Gasteiger charge is -2.09. The van der Waals surface area contributed by atoms with Gasteiger partial charge in [0.2, 0.25) is 5.91 Å². The van der Waals surface area contributed by atoms with Crippen molar-refractivity contribution in [1.82, 2.24) is 4.98 Å². The summed E-state index contributed by atoms with van der Waals surface area (Å²) in [5, 5.41) is 2.93. The van der Waals surface area contributed by atoms with E-state index >= 15 is 0 Å². The zero-order chi connectivity index (χ0) is 12.3. The highest BCUT2D eigenvalue weighted by Crippen LogP contribution is 2.18. The molecule has 0 aliphatic carbocycles. The van der Waals surface area contributed by atoms with E-state index in [0.29, 0.717) is 6.42 Å². The molecule has 3 heteroatoms. The minimum atomic E-state index is 0.00106. The summed E-state index contributed by atoms with van der Waals surface area (Å²) < 4.78 is 0. The van der Waals surface area contributed by atoms with Gasteiger partial charge >= 0.3 is 0 Å². The molecule has 2 aromatic rings. The third kappa shape index (κ3) is 2.75. The number of nitrogens with one attached hydrogen (secondary N) is 2. The van der Waals surface area contributed by atoms with Gasteiger partial charge in [0.15, 0.2) is 0 Å². The third-order valence-corrected chi connectivity index (χ3v) is 2.89. The summed E-state index contributed by atoms with van der Waals surface area (Å²) >= 11 is 0. The van der Waals surface area contributed by atoms with Crippen LogP contribution in [0.25, 0.3) is 0 Å². The summed E-state index contributed by atoms with van der Waals surface area (Å²) in [7, 11) is 0. The number of amides is 1. The topological polar surface area (TPSA) is 44.9 Å². The Morgan fingerprint density at radius 1 is 1.24 bits per heavy atom. The number of aromatic nitrogens is 1. The second-order valence-electron chi connectivity index (χ2n) is 4.17. The summed E-state index contributed by atoms with van der Waals surface area (Å²) in [6.45, 7) is 4.05. The number of rotatable bonds is 3. The van der Waals surface area contributed by atoms with Crippen LogP contribution in [-0.2, 0) is 11.2 Å². The van der Waals surface area contributed by atoms with Gasteiger partial charge < -0.3 is 10.3 Å². The molecule has 0 fully saturated rings. The van der Waals surface area contributed by atoms with Crippen molar-refractivity contribution >= 4 is 11.6 Å². The summed E-state index contributed by atoms with van der Waals surface area (Å²) in [5.74, 6) is 0.00106. The molecule has 0 aliphatic heterocycles. The van der Waals surface area contributed by atoms with Crippen LogP contribution in [0.3, 0.4) is 0 Å². The average molecular weight is 228 g/mol. The van der Waals surface area contributed by atoms with Crippen molar-refractivity contribution in [2.75, 3.05) is 5.32 Å². The van der Waals surface area contributed by atoms with Crippen LogP contribution in [-0.4, -0.2) is 10.9 Å². The molecule has 1 heterocycles. The SMILES string of the molecule is Cc1cccc(NC(=O)Cc2ccc[nH]2)c1C. The fourth-order valence-corrected chi connectivity index (χ4v) is 1.73. The van der Waals surface area contributed by atoms with Crippen molar-refractivity contribution in [3.63, 3.8) is 0 Å². The summed E-state index contributed by atoms with van der Waals surface area (Å²) in [4.78, 5) is 14.8. The van der Waals surface area contributed by atoms with Crippen LogP contribution >= 0.6 is 0 Å². The van der Waals surface area contributed by atoms with Crippen LogP contribution in [0.1, 0.15) is 16.8 Å². The number of aryl methyl sites for hydroxylation is 1. The van der Waals surface area contributed by atoms with E-state index < -0.39 is 0 Å². The Bertz CT molecular complexity index is 515. The van der Waals surface area contributed by atoms with Crippen LogP contribution in [0.15, 0.2) is 36.5 Å². The highest BCUT2D eigenvalue weighted by atomic mass is 16.1. The van der Waals surface area contributed by atoms with Crippen molar-refractivity contribution in [2.45, 2.75) is 20.3 Å². The first-order chi connectivity index (χ1) is 8.16. The van der Waals surface area contributed by atoms with Gasteiger partial charge in [0.1, 0.15) is 0 Å². The molecule has 0 atom stereocenters. The lowest BCUT2D eigenvalue weighted by Crippen LogP contribution is -2.15. The van der Waals surface area contributed by atoms with Crippen molar-refractivity contribution < 1.29 is 4.79 Å². The zero-order valence-corrected chi connectivity index (χ0v) is 10.1. The van der Waals surface area contributed by atoms with Crippen LogP contribution in [0.4, 0.5) is 5.69 Å². The molecular weight excluding hydrogens is 212 g/mol. The smallest absolute Gasteiger partial charge is 0.230 e. The molecule has 0 aliphatic rings. The van der Waals surface area contributed by atoms with Gasteiger partial charge in [0, 0.05) is 17.6 Å². The Morgan fingerprint density at radius 3 is 2.76 bits per heavy atom. The molecular formula is C14H16N2O. The predicted molar refractivity (Wildman–Crippen MR) is 69.0 cm³/mol. The third-order valence-electron chi connectivity index (χ3n) is 2.89. The monoisotopic (exact) mass is 228 g/mol. The molecule has 2 N–H and O–H groups in total. The van der Waals surface area contributed by atoms with Gasteiger partial charge in [-0.15, -0.1) is 0 Å². The first-order valence-electron chi connectivity index (χ1n) is 5.65. The largest absolute Gasteiger partial charge is 0.365 e. The number of carbonyl (C=O) groups is 1. The molecule has 0 saturated heterocycles. The van der Waals surface area contributed by atoms with E-state index in [1.165, 1.54) is 5.56 Å². The Labute approximate surface area is 101 Å². The quantitative estimate of drug-likeness (QED) is 0.833. The lowest BCUT2D eigenvalue weighted by molar-refractivity contribution is -0.115. The van der Waals surface area contributed by atoms with Gasteiger partial charge in [0.05, 0.1) is 6.42 Å². The molecule has 3 nitrogen and oxygen atoms in total. The molecule has 1 amide bonds. The van der Waals surface area contributed by atoms with E-state index in [0.717, 1.165) is 16.9 Å². The van der Waals surface area contributed by atoms with E-state index in [4.69, 9.17) is 0 Å². The maximum absolute atomic E-state index is 11.8. The lowest BCUT2D eigenvalue weighted by atomic mass is 10.1. The molecule has 88 valence electrons. The molecule has 0 unspecified atom stereocenters. The number of aromatic amines is 1. The van der Waals surface area contributed by atoms with E-state index in [1.807, 2.05) is 50.4 Å². The summed E-state index contributed by atoms with van der Waals surface area (Å²) in [6, 6.07) is 9.71. The molecule has 0 bridgehead atoms. The minimum Gasteiger partial charge on any atom is -0.365 e. The van der Waals surface area contributed by atoms with Crippen molar-refractivity contribution in [1.29, 1.82) is 0 Å². The fourth-order valence-electron chi connectivity index (χ4n) is 1.73. The summed E-state index contributed by atoms with van der Waals surface area (Å²) in [5.41, 5.74) is 4.12. The van der Waals surface area contributed by atoms with Crippen LogP contribution in [0, 0.1) is 13.8 Å². The first-order valence-corrected chi connectivity index (χ1v) is 5.65. The first kappa shape index (κ1) is 11.5. The van der Waals surface area contributed by atoms with E-state index in [1.54, 1.807) is 0 Å². The Kier molecular flexibility index (Phi) is 3.28. The van der Waals surface area contributed by atoms with Crippen molar-refractivity contribution in [2.24, 2.45) is 0 Å². The van der Waals surface area contributed by atoms with E-state index in [-0.39, 0.29) is 5.91 Å². The van der Waals surface area contributed by atoms with Gasteiger partial charge in [-0.3, -0.25) is 4.79 Å². The maximum atomic E-state index is 11.8. The molecule has 1 aromatic carbocycles. The van der Waals surface area contributed by atoms with E-state index in [2.05, 4.69) is 10.3 Å². The second kappa shape index (κ2) is 4.87. The van der Waals surface area contributed by atoms with Crippen LogP contribution in [0.5, 0.6) is 0 Å². The number of benzene rings is 1. The van der Waals surface area contributed by atoms with Crippen LogP contribution in [0.2, 0.25) is 0 Å². The van der Waals surface area contributed by atoms with Crippen molar-refractivity contribution in [3.05, 3.63) is 53.3 Å². The zero-order valence-electron chi connectivity index (χ0n) is 10.1. The number of anilines is 1. The molecule has 1 aromatic heterocycles. The number of H-pyrrole nitrogens is 1. The molecule has 17 heavy (non-hydrogen) atoms.